The van der Waals surface area contributed by atoms with Crippen LogP contribution in [0, 0.1) is 23.2 Å². The third-order valence-electron chi connectivity index (χ3n) is 9.85. The van der Waals surface area contributed by atoms with Gasteiger partial charge in [-0.2, -0.15) is 0 Å². The second kappa shape index (κ2) is 26.7. The van der Waals surface area contributed by atoms with Crippen LogP contribution in [0.25, 0.3) is 0 Å². The van der Waals surface area contributed by atoms with Gasteiger partial charge in [-0.3, -0.25) is 19.2 Å². The molecule has 9 nitrogen and oxygen atoms in total. The zero-order chi connectivity index (χ0) is 35.6. The van der Waals surface area contributed by atoms with Crippen LogP contribution in [0.3, 0.4) is 0 Å². The quantitative estimate of drug-likeness (QED) is 0.0457. The lowest BCUT2D eigenvalue weighted by Crippen LogP contribution is -2.45. The summed E-state index contributed by atoms with van der Waals surface area (Å²) in [6, 6.07) is 0. The van der Waals surface area contributed by atoms with Crippen LogP contribution in [-0.2, 0) is 38.1 Å². The summed E-state index contributed by atoms with van der Waals surface area (Å²) in [5.41, 5.74) is -1.22. The van der Waals surface area contributed by atoms with Crippen LogP contribution in [0.15, 0.2) is 0 Å². The second-order valence-electron chi connectivity index (χ2n) is 14.1. The number of carbonyl (C=O) groups excluding carboxylic acids is 4. The second-order valence-corrected chi connectivity index (χ2v) is 14.1. The fourth-order valence-electron chi connectivity index (χ4n) is 6.19. The summed E-state index contributed by atoms with van der Waals surface area (Å²) in [6.45, 7) is 14.6. The lowest BCUT2D eigenvalue weighted by atomic mass is 9.91. The SMILES string of the molecule is CCCCC(CC)C(=O)OCC(COC(=O)CCCCN1CCCCC1)(COC(=O)C(CC)CCCC)COC(=O)C(CC)CCCC. The van der Waals surface area contributed by atoms with Crippen molar-refractivity contribution >= 4 is 23.9 Å². The summed E-state index contributed by atoms with van der Waals surface area (Å²) in [7, 11) is 0. The molecule has 48 heavy (non-hydrogen) atoms. The molecule has 0 saturated carbocycles. The molecule has 0 bridgehead atoms. The highest BCUT2D eigenvalue weighted by Gasteiger charge is 2.39. The molecule has 3 unspecified atom stereocenters. The lowest BCUT2D eigenvalue weighted by molar-refractivity contribution is -0.175. The van der Waals surface area contributed by atoms with Crippen molar-refractivity contribution in [3.05, 3.63) is 0 Å². The van der Waals surface area contributed by atoms with Gasteiger partial charge in [0.25, 0.3) is 0 Å². The highest BCUT2D eigenvalue weighted by molar-refractivity contribution is 5.74. The number of rotatable bonds is 28. The van der Waals surface area contributed by atoms with Gasteiger partial charge in [-0.1, -0.05) is 86.5 Å². The van der Waals surface area contributed by atoms with Crippen LogP contribution in [-0.4, -0.2) is 74.8 Å². The maximum Gasteiger partial charge on any atom is 0.308 e. The fourth-order valence-corrected chi connectivity index (χ4v) is 6.19. The van der Waals surface area contributed by atoms with Crippen molar-refractivity contribution < 1.29 is 38.1 Å². The van der Waals surface area contributed by atoms with E-state index in [0.717, 1.165) is 83.8 Å². The van der Waals surface area contributed by atoms with E-state index in [1.54, 1.807) is 0 Å². The van der Waals surface area contributed by atoms with E-state index >= 15 is 0 Å². The monoisotopic (exact) mass is 682 g/mol. The average Bonchev–Trinajstić information content (AvgIpc) is 3.10. The number of esters is 4. The maximum atomic E-state index is 13.2. The molecule has 0 N–H and O–H groups in total. The predicted octanol–water partition coefficient (Wildman–Crippen LogP) is 8.45. The van der Waals surface area contributed by atoms with Crippen LogP contribution in [0.5, 0.6) is 0 Å². The Bertz CT molecular complexity index is 808. The molecule has 1 aliphatic rings. The Morgan fingerprint density at radius 3 is 1.31 bits per heavy atom. The third kappa shape index (κ3) is 18.0. The van der Waals surface area contributed by atoms with Crippen LogP contribution in [0.1, 0.15) is 157 Å². The number of unbranched alkanes of at least 4 members (excludes halogenated alkanes) is 4. The molecule has 1 rings (SSSR count). The maximum absolute atomic E-state index is 13.2. The van der Waals surface area contributed by atoms with E-state index in [9.17, 15) is 19.2 Å². The molecule has 1 saturated heterocycles. The summed E-state index contributed by atoms with van der Waals surface area (Å²) in [4.78, 5) is 55.2. The van der Waals surface area contributed by atoms with Gasteiger partial charge in [0.2, 0.25) is 0 Å². The van der Waals surface area contributed by atoms with Gasteiger partial charge in [0.05, 0.1) is 17.8 Å². The number of piperidine rings is 1. The van der Waals surface area contributed by atoms with Gasteiger partial charge in [-0.15, -0.1) is 0 Å². The Morgan fingerprint density at radius 1 is 0.542 bits per heavy atom. The summed E-state index contributed by atoms with van der Waals surface area (Å²) in [6.07, 6.45) is 15.4. The van der Waals surface area contributed by atoms with Crippen molar-refractivity contribution in [2.24, 2.45) is 23.2 Å². The van der Waals surface area contributed by atoms with E-state index in [-0.39, 0.29) is 74.5 Å². The molecule has 1 fully saturated rings. The normalized spacial score (nSPS) is 16.7. The Hall–Kier alpha value is -2.16. The summed E-state index contributed by atoms with van der Waals surface area (Å²) >= 11 is 0. The summed E-state index contributed by atoms with van der Waals surface area (Å²) < 4.78 is 23.5. The van der Waals surface area contributed by atoms with Crippen LogP contribution >= 0.6 is 0 Å². The van der Waals surface area contributed by atoms with Gasteiger partial charge in [0.15, 0.2) is 0 Å². The third-order valence-corrected chi connectivity index (χ3v) is 9.85. The summed E-state index contributed by atoms with van der Waals surface area (Å²) in [5, 5.41) is 0. The Balaban J connectivity index is 3.16. The van der Waals surface area contributed by atoms with Gasteiger partial charge < -0.3 is 23.8 Å². The van der Waals surface area contributed by atoms with E-state index in [2.05, 4.69) is 25.7 Å². The van der Waals surface area contributed by atoms with E-state index in [1.807, 2.05) is 20.8 Å². The number of ether oxygens (including phenoxy) is 4. The zero-order valence-electron chi connectivity index (χ0n) is 31.6. The van der Waals surface area contributed by atoms with Gasteiger partial charge >= 0.3 is 23.9 Å². The molecular formula is C39H71NO8. The van der Waals surface area contributed by atoms with Crippen molar-refractivity contribution in [1.82, 2.24) is 4.90 Å². The molecule has 0 amide bonds. The Morgan fingerprint density at radius 2 is 0.938 bits per heavy atom. The van der Waals surface area contributed by atoms with E-state index in [0.29, 0.717) is 25.7 Å². The Labute approximate surface area is 292 Å². The topological polar surface area (TPSA) is 108 Å². The molecule has 0 aromatic carbocycles. The molecule has 9 heteroatoms. The Kier molecular flexibility index (Phi) is 24.4. The van der Waals surface area contributed by atoms with Crippen molar-refractivity contribution in [1.29, 1.82) is 0 Å². The average molecular weight is 682 g/mol. The van der Waals surface area contributed by atoms with Gasteiger partial charge in [-0.25, -0.2) is 0 Å². The molecule has 0 spiro atoms. The van der Waals surface area contributed by atoms with Crippen molar-refractivity contribution in [2.45, 2.75) is 157 Å². The standard InChI is InChI=1S/C39H71NO8/c1-7-13-21-32(10-4)36(42)46-29-39(30-47-37(43)33(11-5)22-14-8-2,31-48-38(44)34(12-6)23-15-9-3)28-45-35(41)24-17-20-27-40-25-18-16-19-26-40/h32-34H,7-31H2,1-6H3. The van der Waals surface area contributed by atoms with Crippen LogP contribution in [0.4, 0.5) is 0 Å². The van der Waals surface area contributed by atoms with Crippen molar-refractivity contribution in [3.8, 4) is 0 Å². The minimum Gasteiger partial charge on any atom is -0.465 e. The molecule has 1 heterocycles. The number of likely N-dealkylation sites (tertiary alicyclic amines) is 1. The molecule has 0 aromatic rings. The molecule has 0 radical (unpaired) electrons. The first-order valence-electron chi connectivity index (χ1n) is 19.6. The molecular weight excluding hydrogens is 610 g/mol. The summed E-state index contributed by atoms with van der Waals surface area (Å²) in [5.74, 6) is -2.13. The number of hydrogen-bond acceptors (Lipinski definition) is 9. The first kappa shape index (κ1) is 43.9. The molecule has 0 aromatic heterocycles. The van der Waals surface area contributed by atoms with Gasteiger partial charge in [-0.05, 0) is 83.8 Å². The van der Waals surface area contributed by atoms with Crippen molar-refractivity contribution in [2.75, 3.05) is 46.1 Å². The number of nitrogens with zero attached hydrogens (tertiary/aromatic N) is 1. The molecule has 280 valence electrons. The molecule has 0 aliphatic carbocycles. The lowest BCUT2D eigenvalue weighted by Gasteiger charge is -2.33. The minimum atomic E-state index is -1.22. The van der Waals surface area contributed by atoms with Gasteiger partial charge in [0, 0.05) is 6.42 Å². The minimum absolute atomic E-state index is 0.185. The van der Waals surface area contributed by atoms with Crippen LogP contribution < -0.4 is 0 Å². The first-order valence-corrected chi connectivity index (χ1v) is 19.6. The van der Waals surface area contributed by atoms with Gasteiger partial charge in [0.1, 0.15) is 31.8 Å². The molecule has 1 aliphatic heterocycles. The molecule has 3 atom stereocenters. The fraction of sp³-hybridized carbons (Fsp3) is 0.897. The van der Waals surface area contributed by atoms with E-state index in [1.165, 1.54) is 19.3 Å². The highest BCUT2D eigenvalue weighted by atomic mass is 16.6. The van der Waals surface area contributed by atoms with E-state index in [4.69, 9.17) is 18.9 Å². The number of hydrogen-bond donors (Lipinski definition) is 0. The van der Waals surface area contributed by atoms with Crippen LogP contribution in [0.2, 0.25) is 0 Å². The zero-order valence-corrected chi connectivity index (χ0v) is 31.6. The van der Waals surface area contributed by atoms with Crippen molar-refractivity contribution in [3.63, 3.8) is 0 Å². The highest BCUT2D eigenvalue weighted by Crippen LogP contribution is 2.26. The van der Waals surface area contributed by atoms with E-state index < -0.39 is 5.41 Å². The largest absolute Gasteiger partial charge is 0.465 e. The first-order chi connectivity index (χ1) is 23.2. The predicted molar refractivity (Wildman–Crippen MR) is 190 cm³/mol. The smallest absolute Gasteiger partial charge is 0.308 e. The number of carbonyl (C=O) groups is 4.